The van der Waals surface area contributed by atoms with Gasteiger partial charge in [0.05, 0.1) is 9.92 Å². The van der Waals surface area contributed by atoms with E-state index in [0.717, 1.165) is 35.9 Å². The van der Waals surface area contributed by atoms with Crippen LogP contribution in [0.15, 0.2) is 71.6 Å². The van der Waals surface area contributed by atoms with E-state index in [0.29, 0.717) is 11.1 Å². The molecule has 0 bridgehead atoms. The van der Waals surface area contributed by atoms with Gasteiger partial charge in [0.25, 0.3) is 5.91 Å². The monoisotopic (exact) mass is 458 g/mol. The van der Waals surface area contributed by atoms with Gasteiger partial charge >= 0.3 is 0 Å². The maximum absolute atomic E-state index is 13.3. The summed E-state index contributed by atoms with van der Waals surface area (Å²) in [5.74, 6) is -0.776. The van der Waals surface area contributed by atoms with Gasteiger partial charge in [-0.05, 0) is 60.9 Å². The summed E-state index contributed by atoms with van der Waals surface area (Å²) >= 11 is 5.71. The topological polar surface area (TPSA) is 66.5 Å². The molecule has 3 aromatic carbocycles. The third kappa shape index (κ3) is 4.35. The second kappa shape index (κ2) is 8.42. The molecule has 0 fully saturated rings. The highest BCUT2D eigenvalue weighted by Gasteiger charge is 2.31. The van der Waals surface area contributed by atoms with Gasteiger partial charge in [-0.25, -0.2) is 17.5 Å². The molecule has 1 amide bonds. The molecule has 0 radical (unpaired) electrons. The first kappa shape index (κ1) is 21.5. The Hall–Kier alpha value is -2.74. The van der Waals surface area contributed by atoms with Gasteiger partial charge in [0.2, 0.25) is 10.0 Å². The molecule has 0 spiro atoms. The fourth-order valence-electron chi connectivity index (χ4n) is 3.70. The summed E-state index contributed by atoms with van der Waals surface area (Å²) in [6, 6.07) is 17.9. The number of halogens is 2. The van der Waals surface area contributed by atoms with Crippen LogP contribution < -0.4 is 9.62 Å². The van der Waals surface area contributed by atoms with E-state index in [1.807, 2.05) is 43.3 Å². The summed E-state index contributed by atoms with van der Waals surface area (Å²) in [5.41, 5.74) is 3.12. The Bertz CT molecular complexity index is 1250. The van der Waals surface area contributed by atoms with E-state index >= 15 is 0 Å². The summed E-state index contributed by atoms with van der Waals surface area (Å²) in [5, 5.41) is -0.260. The summed E-state index contributed by atoms with van der Waals surface area (Å²) in [6.07, 6.45) is 0.730. The van der Waals surface area contributed by atoms with Gasteiger partial charge in [-0.1, -0.05) is 41.9 Å². The number of carbonyl (C=O) groups excluding carboxylic acids is 1. The molecule has 1 N–H and O–H groups in total. The first-order valence-corrected chi connectivity index (χ1v) is 11.6. The molecule has 8 heteroatoms. The number of anilines is 1. The lowest BCUT2D eigenvalue weighted by atomic mass is 10.1. The molecular formula is C23H20ClFN2O3S. The summed E-state index contributed by atoms with van der Waals surface area (Å²) < 4.78 is 41.0. The van der Waals surface area contributed by atoms with E-state index in [1.165, 1.54) is 0 Å². The molecule has 0 saturated heterocycles. The van der Waals surface area contributed by atoms with E-state index in [-0.39, 0.29) is 28.4 Å². The van der Waals surface area contributed by atoms with Crippen LogP contribution in [0, 0.1) is 5.82 Å². The number of hydrogen-bond acceptors (Lipinski definition) is 3. The third-order valence-electron chi connectivity index (χ3n) is 5.27. The summed E-state index contributed by atoms with van der Waals surface area (Å²) in [6.45, 7) is 2.01. The Morgan fingerprint density at radius 2 is 1.87 bits per heavy atom. The van der Waals surface area contributed by atoms with Crippen molar-refractivity contribution in [2.75, 3.05) is 4.90 Å². The SMILES string of the molecule is C[C@H]1Cc2ccc(CNS(=O)(=O)c3ccc(F)c(Cl)c3)cc2N1C(=O)c1ccccc1. The minimum atomic E-state index is -3.88. The molecule has 1 atom stereocenters. The highest BCUT2D eigenvalue weighted by atomic mass is 35.5. The van der Waals surface area contributed by atoms with Crippen LogP contribution in [0.25, 0.3) is 0 Å². The van der Waals surface area contributed by atoms with Crippen LogP contribution in [0.1, 0.15) is 28.4 Å². The zero-order chi connectivity index (χ0) is 22.2. The van der Waals surface area contributed by atoms with Crippen LogP contribution in [-0.4, -0.2) is 20.4 Å². The standard InChI is InChI=1S/C23H20ClFN2O3S/c1-15-11-18-8-7-16(12-22(18)27(15)23(28)17-5-3-2-4-6-17)14-26-31(29,30)19-9-10-21(25)20(24)13-19/h2-10,12-13,15,26H,11,14H2,1H3/t15-/m0/s1. The molecule has 1 aliphatic rings. The Kier molecular flexibility index (Phi) is 5.83. The second-order valence-corrected chi connectivity index (χ2v) is 9.63. The van der Waals surface area contributed by atoms with E-state index < -0.39 is 15.8 Å². The van der Waals surface area contributed by atoms with Gasteiger partial charge in [0, 0.05) is 23.8 Å². The van der Waals surface area contributed by atoms with Crippen LogP contribution >= 0.6 is 11.6 Å². The Balaban J connectivity index is 1.56. The number of sulfonamides is 1. The normalized spacial score (nSPS) is 15.7. The molecule has 5 nitrogen and oxygen atoms in total. The van der Waals surface area contributed by atoms with E-state index in [9.17, 15) is 17.6 Å². The molecule has 0 unspecified atom stereocenters. The zero-order valence-electron chi connectivity index (χ0n) is 16.7. The average Bonchev–Trinajstić information content (AvgIpc) is 3.09. The van der Waals surface area contributed by atoms with Gasteiger partial charge < -0.3 is 4.90 Å². The first-order chi connectivity index (χ1) is 14.8. The van der Waals surface area contributed by atoms with Gasteiger partial charge in [-0.15, -0.1) is 0 Å². The van der Waals surface area contributed by atoms with E-state index in [2.05, 4.69) is 4.72 Å². The average molecular weight is 459 g/mol. The van der Waals surface area contributed by atoms with Crippen LogP contribution in [0.3, 0.4) is 0 Å². The number of hydrogen-bond donors (Lipinski definition) is 1. The molecule has 0 aliphatic carbocycles. The van der Waals surface area contributed by atoms with Gasteiger partial charge in [0.1, 0.15) is 5.82 Å². The van der Waals surface area contributed by atoms with Crippen LogP contribution in [0.2, 0.25) is 5.02 Å². The number of nitrogens with zero attached hydrogens (tertiary/aromatic N) is 1. The fourth-order valence-corrected chi connectivity index (χ4v) is 4.99. The number of benzene rings is 3. The number of fused-ring (bicyclic) bond motifs is 1. The van der Waals surface area contributed by atoms with Crippen molar-refractivity contribution in [2.24, 2.45) is 0 Å². The molecule has 1 aliphatic heterocycles. The lowest BCUT2D eigenvalue weighted by molar-refractivity contribution is 0.0981. The largest absolute Gasteiger partial charge is 0.305 e. The highest BCUT2D eigenvalue weighted by Crippen LogP contribution is 2.34. The predicted molar refractivity (Wildman–Crippen MR) is 118 cm³/mol. The summed E-state index contributed by atoms with van der Waals surface area (Å²) in [4.78, 5) is 14.7. The molecule has 3 aromatic rings. The minimum Gasteiger partial charge on any atom is -0.305 e. The van der Waals surface area contributed by atoms with Crippen molar-refractivity contribution in [3.8, 4) is 0 Å². The maximum Gasteiger partial charge on any atom is 0.258 e. The molecule has 0 saturated carbocycles. The van der Waals surface area contributed by atoms with Crippen molar-refractivity contribution >= 4 is 33.2 Å². The predicted octanol–water partition coefficient (Wildman–Crippen LogP) is 4.55. The fraction of sp³-hybridized carbons (Fsp3) is 0.174. The number of nitrogens with one attached hydrogen (secondary N) is 1. The smallest absolute Gasteiger partial charge is 0.258 e. The Morgan fingerprint density at radius 3 is 2.58 bits per heavy atom. The quantitative estimate of drug-likeness (QED) is 0.610. The van der Waals surface area contributed by atoms with Crippen molar-refractivity contribution in [3.05, 3.63) is 94.3 Å². The molecule has 4 rings (SSSR count). The van der Waals surface area contributed by atoms with Crippen LogP contribution in [-0.2, 0) is 23.0 Å². The second-order valence-electron chi connectivity index (χ2n) is 7.46. The first-order valence-electron chi connectivity index (χ1n) is 9.71. The molecular weight excluding hydrogens is 439 g/mol. The number of carbonyl (C=O) groups is 1. The van der Waals surface area contributed by atoms with Gasteiger partial charge in [-0.3, -0.25) is 4.79 Å². The molecule has 0 aromatic heterocycles. The van der Waals surface area contributed by atoms with Crippen molar-refractivity contribution in [1.82, 2.24) is 4.72 Å². The van der Waals surface area contributed by atoms with E-state index in [1.54, 1.807) is 17.0 Å². The lowest BCUT2D eigenvalue weighted by Crippen LogP contribution is -2.35. The number of rotatable bonds is 5. The van der Waals surface area contributed by atoms with Crippen LogP contribution in [0.4, 0.5) is 10.1 Å². The van der Waals surface area contributed by atoms with Crippen LogP contribution in [0.5, 0.6) is 0 Å². The highest BCUT2D eigenvalue weighted by molar-refractivity contribution is 7.89. The molecule has 31 heavy (non-hydrogen) atoms. The zero-order valence-corrected chi connectivity index (χ0v) is 18.3. The van der Waals surface area contributed by atoms with Gasteiger partial charge in [0.15, 0.2) is 0 Å². The molecule has 1 heterocycles. The van der Waals surface area contributed by atoms with Crippen molar-refractivity contribution in [3.63, 3.8) is 0 Å². The Morgan fingerprint density at radius 1 is 1.13 bits per heavy atom. The lowest BCUT2D eigenvalue weighted by Gasteiger charge is -2.23. The Labute approximate surface area is 185 Å². The maximum atomic E-state index is 13.3. The van der Waals surface area contributed by atoms with E-state index in [4.69, 9.17) is 11.6 Å². The van der Waals surface area contributed by atoms with Crippen molar-refractivity contribution in [2.45, 2.75) is 30.8 Å². The molecule has 160 valence electrons. The minimum absolute atomic E-state index is 0.00370. The number of amides is 1. The van der Waals surface area contributed by atoms with Crippen molar-refractivity contribution < 1.29 is 17.6 Å². The van der Waals surface area contributed by atoms with Crippen molar-refractivity contribution in [1.29, 1.82) is 0 Å². The van der Waals surface area contributed by atoms with Gasteiger partial charge in [-0.2, -0.15) is 0 Å². The third-order valence-corrected chi connectivity index (χ3v) is 6.96. The summed E-state index contributed by atoms with van der Waals surface area (Å²) in [7, 11) is -3.88.